The molecule has 1 N–H and O–H groups in total. The first-order chi connectivity index (χ1) is 9.51. The van der Waals surface area contributed by atoms with Crippen LogP contribution in [0.5, 0.6) is 0 Å². The maximum absolute atomic E-state index is 12.1. The molecule has 1 amide bonds. The van der Waals surface area contributed by atoms with Crippen LogP contribution in [-0.4, -0.2) is 24.0 Å². The topological polar surface area (TPSA) is 68.3 Å². The summed E-state index contributed by atoms with van der Waals surface area (Å²) in [6.45, 7) is 3.85. The summed E-state index contributed by atoms with van der Waals surface area (Å²) in [6.07, 6.45) is 1.38. The van der Waals surface area contributed by atoms with Gasteiger partial charge in [-0.2, -0.15) is 0 Å². The van der Waals surface area contributed by atoms with E-state index in [9.17, 15) is 9.59 Å². The van der Waals surface area contributed by atoms with Crippen molar-refractivity contribution < 1.29 is 14.3 Å². The molecule has 6 heteroatoms. The molecule has 104 valence electrons. The fraction of sp³-hybridized carbons (Fsp3) is 0.214. The molecule has 20 heavy (non-hydrogen) atoms. The van der Waals surface area contributed by atoms with Gasteiger partial charge in [0.2, 0.25) is 0 Å². The standard InChI is InChI=1S/C14H14N2O3S/c1-8-4-5-10(9(2)6-8)12(17)16-14-15-7-11(20-14)13(18)19-3/h4-7H,1-3H3,(H,15,16,17). The third kappa shape index (κ3) is 3.03. The Bertz CT molecular complexity index is 664. The van der Waals surface area contributed by atoms with E-state index in [-0.39, 0.29) is 5.91 Å². The Morgan fingerprint density at radius 1 is 1.30 bits per heavy atom. The second kappa shape index (κ2) is 5.83. The Kier molecular flexibility index (Phi) is 4.14. The van der Waals surface area contributed by atoms with E-state index in [1.807, 2.05) is 26.0 Å². The molecule has 0 saturated heterocycles. The van der Waals surface area contributed by atoms with Crippen LogP contribution in [0, 0.1) is 13.8 Å². The van der Waals surface area contributed by atoms with Gasteiger partial charge in [0, 0.05) is 5.56 Å². The van der Waals surface area contributed by atoms with Gasteiger partial charge in [0.25, 0.3) is 5.91 Å². The van der Waals surface area contributed by atoms with Crippen molar-refractivity contribution in [2.75, 3.05) is 12.4 Å². The van der Waals surface area contributed by atoms with Crippen LogP contribution in [0.1, 0.15) is 31.2 Å². The van der Waals surface area contributed by atoms with Crippen molar-refractivity contribution in [2.24, 2.45) is 0 Å². The van der Waals surface area contributed by atoms with E-state index < -0.39 is 5.97 Å². The molecular formula is C14H14N2O3S. The van der Waals surface area contributed by atoms with Crippen LogP contribution in [0.25, 0.3) is 0 Å². The zero-order chi connectivity index (χ0) is 14.7. The van der Waals surface area contributed by atoms with Crippen LogP contribution in [0.3, 0.4) is 0 Å². The van der Waals surface area contributed by atoms with Gasteiger partial charge < -0.3 is 4.74 Å². The monoisotopic (exact) mass is 290 g/mol. The number of carbonyl (C=O) groups is 2. The van der Waals surface area contributed by atoms with E-state index in [1.165, 1.54) is 13.3 Å². The molecule has 1 aromatic carbocycles. The highest BCUT2D eigenvalue weighted by Crippen LogP contribution is 2.20. The lowest BCUT2D eigenvalue weighted by atomic mass is 10.1. The number of esters is 1. The Morgan fingerprint density at radius 2 is 2.05 bits per heavy atom. The molecule has 5 nitrogen and oxygen atoms in total. The third-order valence-electron chi connectivity index (χ3n) is 2.74. The van der Waals surface area contributed by atoms with Crippen LogP contribution in [0.15, 0.2) is 24.4 Å². The quantitative estimate of drug-likeness (QED) is 0.883. The highest BCUT2D eigenvalue weighted by molar-refractivity contribution is 7.17. The molecule has 0 radical (unpaired) electrons. The fourth-order valence-electron chi connectivity index (χ4n) is 1.76. The van der Waals surface area contributed by atoms with Crippen LogP contribution < -0.4 is 5.32 Å². The SMILES string of the molecule is COC(=O)c1cnc(NC(=O)c2ccc(C)cc2C)s1. The van der Waals surface area contributed by atoms with Gasteiger partial charge in [-0.3, -0.25) is 10.1 Å². The summed E-state index contributed by atoms with van der Waals surface area (Å²) in [6, 6.07) is 5.59. The Balaban J connectivity index is 2.15. The Labute approximate surface area is 120 Å². The maximum Gasteiger partial charge on any atom is 0.349 e. The highest BCUT2D eigenvalue weighted by Gasteiger charge is 2.14. The smallest absolute Gasteiger partial charge is 0.349 e. The summed E-state index contributed by atoms with van der Waals surface area (Å²) in [7, 11) is 1.30. The minimum Gasteiger partial charge on any atom is -0.465 e. The van der Waals surface area contributed by atoms with Gasteiger partial charge in [-0.15, -0.1) is 0 Å². The highest BCUT2D eigenvalue weighted by atomic mass is 32.1. The van der Waals surface area contributed by atoms with Crippen LogP contribution in [0.4, 0.5) is 5.13 Å². The third-order valence-corrected chi connectivity index (χ3v) is 3.63. The van der Waals surface area contributed by atoms with E-state index in [1.54, 1.807) is 6.07 Å². The fourth-order valence-corrected chi connectivity index (χ4v) is 2.49. The predicted octanol–water partition coefficient (Wildman–Crippen LogP) is 2.80. The van der Waals surface area contributed by atoms with Crippen molar-refractivity contribution in [3.05, 3.63) is 46.0 Å². The van der Waals surface area contributed by atoms with E-state index >= 15 is 0 Å². The Hall–Kier alpha value is -2.21. The number of hydrogen-bond donors (Lipinski definition) is 1. The number of anilines is 1. The summed E-state index contributed by atoms with van der Waals surface area (Å²) in [4.78, 5) is 27.8. The summed E-state index contributed by atoms with van der Waals surface area (Å²) >= 11 is 1.08. The summed E-state index contributed by atoms with van der Waals surface area (Å²) in [5, 5.41) is 3.05. The molecule has 0 unspecified atom stereocenters. The molecule has 1 aromatic heterocycles. The molecule has 0 aliphatic carbocycles. The van der Waals surface area contributed by atoms with E-state index in [4.69, 9.17) is 0 Å². The summed E-state index contributed by atoms with van der Waals surface area (Å²) in [5.74, 6) is -0.706. The molecule has 0 fully saturated rings. The molecular weight excluding hydrogens is 276 g/mol. The van der Waals surface area contributed by atoms with Gasteiger partial charge in [0.05, 0.1) is 13.3 Å². The summed E-state index contributed by atoms with van der Waals surface area (Å²) < 4.78 is 4.59. The molecule has 2 rings (SSSR count). The van der Waals surface area contributed by atoms with Crippen molar-refractivity contribution in [2.45, 2.75) is 13.8 Å². The van der Waals surface area contributed by atoms with Crippen molar-refractivity contribution >= 4 is 28.3 Å². The number of amides is 1. The van der Waals surface area contributed by atoms with Crippen LogP contribution >= 0.6 is 11.3 Å². The van der Waals surface area contributed by atoms with Crippen molar-refractivity contribution in [3.8, 4) is 0 Å². The largest absolute Gasteiger partial charge is 0.465 e. The number of carbonyl (C=O) groups excluding carboxylic acids is 2. The Morgan fingerprint density at radius 3 is 2.70 bits per heavy atom. The molecule has 2 aromatic rings. The lowest BCUT2D eigenvalue weighted by molar-refractivity contribution is 0.0606. The van der Waals surface area contributed by atoms with Crippen molar-refractivity contribution in [3.63, 3.8) is 0 Å². The van der Waals surface area contributed by atoms with E-state index in [0.29, 0.717) is 15.6 Å². The van der Waals surface area contributed by atoms with Gasteiger partial charge >= 0.3 is 5.97 Å². The second-order valence-corrected chi connectivity index (χ2v) is 5.32. The number of aryl methyl sites for hydroxylation is 2. The number of hydrogen-bond acceptors (Lipinski definition) is 5. The average molecular weight is 290 g/mol. The van der Waals surface area contributed by atoms with E-state index in [0.717, 1.165) is 22.5 Å². The first-order valence-electron chi connectivity index (χ1n) is 5.94. The van der Waals surface area contributed by atoms with Gasteiger partial charge in [0.1, 0.15) is 4.88 Å². The molecule has 1 heterocycles. The number of ether oxygens (including phenoxy) is 1. The molecule has 0 aliphatic rings. The van der Waals surface area contributed by atoms with Gasteiger partial charge in [0.15, 0.2) is 5.13 Å². The lowest BCUT2D eigenvalue weighted by Gasteiger charge is -2.06. The van der Waals surface area contributed by atoms with Gasteiger partial charge in [-0.1, -0.05) is 29.0 Å². The second-order valence-electron chi connectivity index (χ2n) is 4.29. The average Bonchev–Trinajstić information content (AvgIpc) is 2.86. The normalized spacial score (nSPS) is 10.2. The zero-order valence-corrected chi connectivity index (χ0v) is 12.2. The molecule has 0 saturated carbocycles. The number of thiazole rings is 1. The molecule has 0 spiro atoms. The molecule has 0 bridgehead atoms. The van der Waals surface area contributed by atoms with Crippen LogP contribution in [-0.2, 0) is 4.74 Å². The number of methoxy groups -OCH3 is 1. The number of rotatable bonds is 3. The summed E-state index contributed by atoms with van der Waals surface area (Å²) in [5.41, 5.74) is 2.58. The van der Waals surface area contributed by atoms with Crippen LogP contribution in [0.2, 0.25) is 0 Å². The first-order valence-corrected chi connectivity index (χ1v) is 6.75. The van der Waals surface area contributed by atoms with Crippen molar-refractivity contribution in [1.82, 2.24) is 4.98 Å². The van der Waals surface area contributed by atoms with E-state index in [2.05, 4.69) is 15.0 Å². The minimum absolute atomic E-state index is 0.242. The number of nitrogens with zero attached hydrogens (tertiary/aromatic N) is 1. The maximum atomic E-state index is 12.1. The first kappa shape index (κ1) is 14.2. The van der Waals surface area contributed by atoms with Crippen molar-refractivity contribution in [1.29, 1.82) is 0 Å². The predicted molar refractivity (Wildman–Crippen MR) is 77.3 cm³/mol. The lowest BCUT2D eigenvalue weighted by Crippen LogP contribution is -2.13. The number of aromatic nitrogens is 1. The molecule has 0 atom stereocenters. The number of nitrogens with one attached hydrogen (secondary N) is 1. The minimum atomic E-state index is -0.463. The molecule has 0 aliphatic heterocycles. The van der Waals surface area contributed by atoms with Gasteiger partial charge in [-0.25, -0.2) is 9.78 Å². The van der Waals surface area contributed by atoms with Gasteiger partial charge in [-0.05, 0) is 25.5 Å². The number of benzene rings is 1. The zero-order valence-electron chi connectivity index (χ0n) is 11.4.